The molecule has 3 aliphatic heterocycles. The predicted molar refractivity (Wildman–Crippen MR) is 138 cm³/mol. The van der Waals surface area contributed by atoms with Gasteiger partial charge in [0.25, 0.3) is 11.8 Å². The van der Waals surface area contributed by atoms with E-state index in [1.807, 2.05) is 71.6 Å². The molecule has 6 rings (SSSR count). The second-order valence-corrected chi connectivity index (χ2v) is 10.1. The van der Waals surface area contributed by atoms with E-state index in [-0.39, 0.29) is 24.0 Å². The van der Waals surface area contributed by atoms with Crippen molar-refractivity contribution in [2.24, 2.45) is 5.92 Å². The fourth-order valence-electron chi connectivity index (χ4n) is 5.30. The van der Waals surface area contributed by atoms with Crippen molar-refractivity contribution in [3.8, 4) is 16.9 Å². The summed E-state index contributed by atoms with van der Waals surface area (Å²) in [5, 5.41) is 9.44. The summed E-state index contributed by atoms with van der Waals surface area (Å²) in [5.74, 6) is 1.11. The molecular formula is C30H30N2O5. The van der Waals surface area contributed by atoms with Gasteiger partial charge in [-0.05, 0) is 60.4 Å². The molecule has 0 saturated carbocycles. The van der Waals surface area contributed by atoms with Crippen molar-refractivity contribution in [3.63, 3.8) is 0 Å². The molecule has 0 aliphatic carbocycles. The SMILES string of the molecule is O=C(c1ccccc1)N1CCC(C2OCc3cc(-c4ccc(C(=O)N5CC(O)C5)cc4)ccc3O2)CC1. The number of hydrogen-bond donors (Lipinski definition) is 1. The molecule has 37 heavy (non-hydrogen) atoms. The van der Waals surface area contributed by atoms with Crippen molar-refractivity contribution in [1.82, 2.24) is 9.80 Å². The molecular weight excluding hydrogens is 468 g/mol. The highest BCUT2D eigenvalue weighted by Gasteiger charge is 2.33. The molecule has 190 valence electrons. The van der Waals surface area contributed by atoms with Crippen molar-refractivity contribution in [2.45, 2.75) is 31.8 Å². The van der Waals surface area contributed by atoms with Gasteiger partial charge in [0.1, 0.15) is 5.75 Å². The topological polar surface area (TPSA) is 79.3 Å². The summed E-state index contributed by atoms with van der Waals surface area (Å²) in [4.78, 5) is 28.8. The molecule has 1 N–H and O–H groups in total. The average molecular weight is 499 g/mol. The van der Waals surface area contributed by atoms with Gasteiger partial charge in [0.05, 0.1) is 12.7 Å². The van der Waals surface area contributed by atoms with Crippen molar-refractivity contribution in [1.29, 1.82) is 0 Å². The van der Waals surface area contributed by atoms with Crippen LogP contribution in [0.4, 0.5) is 0 Å². The summed E-state index contributed by atoms with van der Waals surface area (Å²) in [5.41, 5.74) is 4.41. The number of hydrogen-bond acceptors (Lipinski definition) is 5. The van der Waals surface area contributed by atoms with Crippen LogP contribution in [0.1, 0.15) is 39.1 Å². The Morgan fingerprint density at radius 1 is 0.784 bits per heavy atom. The smallest absolute Gasteiger partial charge is 0.254 e. The summed E-state index contributed by atoms with van der Waals surface area (Å²) in [6.07, 6.45) is 0.980. The second kappa shape index (κ2) is 10.00. The molecule has 1 unspecified atom stereocenters. The first-order valence-electron chi connectivity index (χ1n) is 12.9. The Morgan fingerprint density at radius 2 is 1.43 bits per heavy atom. The molecule has 0 aromatic heterocycles. The van der Waals surface area contributed by atoms with Gasteiger partial charge in [-0.15, -0.1) is 0 Å². The third-order valence-electron chi connectivity index (χ3n) is 7.55. The van der Waals surface area contributed by atoms with Crippen LogP contribution in [-0.2, 0) is 11.3 Å². The van der Waals surface area contributed by atoms with Gasteiger partial charge < -0.3 is 24.4 Å². The van der Waals surface area contributed by atoms with Crippen LogP contribution in [-0.4, -0.2) is 65.3 Å². The van der Waals surface area contributed by atoms with E-state index in [2.05, 4.69) is 6.07 Å². The fourth-order valence-corrected chi connectivity index (χ4v) is 5.30. The molecule has 2 saturated heterocycles. The van der Waals surface area contributed by atoms with Crippen LogP contribution < -0.4 is 4.74 Å². The third-order valence-corrected chi connectivity index (χ3v) is 7.55. The first kappa shape index (κ1) is 23.7. The van der Waals surface area contributed by atoms with E-state index >= 15 is 0 Å². The number of rotatable bonds is 4. The highest BCUT2D eigenvalue weighted by atomic mass is 16.7. The van der Waals surface area contributed by atoms with E-state index < -0.39 is 6.10 Å². The molecule has 7 heteroatoms. The van der Waals surface area contributed by atoms with Crippen molar-refractivity contribution >= 4 is 11.8 Å². The first-order chi connectivity index (χ1) is 18.0. The summed E-state index contributed by atoms with van der Waals surface area (Å²) in [6.45, 7) is 2.67. The molecule has 0 spiro atoms. The summed E-state index contributed by atoms with van der Waals surface area (Å²) in [6, 6.07) is 23.1. The molecule has 3 aromatic carbocycles. The normalized spacial score (nSPS) is 20.1. The highest BCUT2D eigenvalue weighted by molar-refractivity contribution is 5.95. The van der Waals surface area contributed by atoms with Gasteiger partial charge in [-0.3, -0.25) is 9.59 Å². The van der Waals surface area contributed by atoms with E-state index in [1.54, 1.807) is 4.90 Å². The minimum atomic E-state index is -0.403. The Hall–Kier alpha value is -3.68. The maximum Gasteiger partial charge on any atom is 0.254 e. The molecule has 1 atom stereocenters. The minimum Gasteiger partial charge on any atom is -0.464 e. The van der Waals surface area contributed by atoms with Gasteiger partial charge in [-0.25, -0.2) is 0 Å². The van der Waals surface area contributed by atoms with Crippen molar-refractivity contribution in [2.75, 3.05) is 26.2 Å². The van der Waals surface area contributed by atoms with Gasteiger partial charge in [0.2, 0.25) is 6.29 Å². The molecule has 3 heterocycles. The number of amides is 2. The Balaban J connectivity index is 1.06. The van der Waals surface area contributed by atoms with E-state index in [1.165, 1.54) is 0 Å². The van der Waals surface area contributed by atoms with Crippen LogP contribution in [0.15, 0.2) is 72.8 Å². The third kappa shape index (κ3) is 4.84. The predicted octanol–water partition coefficient (Wildman–Crippen LogP) is 3.96. The number of carbonyl (C=O) groups excluding carboxylic acids is 2. The summed E-state index contributed by atoms with van der Waals surface area (Å²) >= 11 is 0. The molecule has 7 nitrogen and oxygen atoms in total. The Bertz CT molecular complexity index is 1280. The van der Waals surface area contributed by atoms with Crippen molar-refractivity contribution < 1.29 is 24.2 Å². The number of aliphatic hydroxyl groups is 1. The number of carbonyl (C=O) groups is 2. The maximum atomic E-state index is 12.7. The van der Waals surface area contributed by atoms with Gasteiger partial charge in [-0.2, -0.15) is 0 Å². The molecule has 3 aliphatic rings. The Morgan fingerprint density at radius 3 is 2.14 bits per heavy atom. The Labute approximate surface area is 216 Å². The molecule has 3 aromatic rings. The molecule has 2 amide bonds. The van der Waals surface area contributed by atoms with Crippen LogP contribution in [0.2, 0.25) is 0 Å². The standard InChI is InChI=1S/C30H30N2O5/c33-26-17-32(18-26)29(35)22-8-6-20(7-9-22)24-10-11-27-25(16-24)19-36-30(37-27)23-12-14-31(15-13-23)28(34)21-4-2-1-3-5-21/h1-11,16,23,26,30,33H,12-15,17-19H2. The fraction of sp³-hybridized carbons (Fsp3) is 0.333. The largest absolute Gasteiger partial charge is 0.464 e. The summed E-state index contributed by atoms with van der Waals surface area (Å²) < 4.78 is 12.4. The molecule has 0 radical (unpaired) electrons. The van der Waals surface area contributed by atoms with Crippen molar-refractivity contribution in [3.05, 3.63) is 89.5 Å². The van der Waals surface area contributed by atoms with Crippen LogP contribution >= 0.6 is 0 Å². The van der Waals surface area contributed by atoms with E-state index in [4.69, 9.17) is 9.47 Å². The van der Waals surface area contributed by atoms with Crippen LogP contribution in [0.5, 0.6) is 5.75 Å². The number of β-amino-alcohol motifs (C(OH)–C–C–N with tert-alkyl or cyclic N) is 1. The molecule has 2 fully saturated rings. The zero-order valence-corrected chi connectivity index (χ0v) is 20.6. The van der Waals surface area contributed by atoms with Crippen LogP contribution in [0, 0.1) is 5.92 Å². The monoisotopic (exact) mass is 498 g/mol. The number of nitrogens with zero attached hydrogens (tertiary/aromatic N) is 2. The average Bonchev–Trinajstić information content (AvgIpc) is 2.95. The van der Waals surface area contributed by atoms with Crippen LogP contribution in [0.25, 0.3) is 11.1 Å². The van der Waals surface area contributed by atoms with Gasteiger partial charge >= 0.3 is 0 Å². The zero-order valence-electron chi connectivity index (χ0n) is 20.6. The van der Waals surface area contributed by atoms with Gasteiger partial charge in [0, 0.05) is 48.8 Å². The van der Waals surface area contributed by atoms with Gasteiger partial charge in [0.15, 0.2) is 0 Å². The van der Waals surface area contributed by atoms with Crippen LogP contribution in [0.3, 0.4) is 0 Å². The Kier molecular flexibility index (Phi) is 6.40. The highest BCUT2D eigenvalue weighted by Crippen LogP contribution is 2.35. The van der Waals surface area contributed by atoms with E-state index in [9.17, 15) is 14.7 Å². The molecule has 0 bridgehead atoms. The number of benzene rings is 3. The number of piperidine rings is 1. The lowest BCUT2D eigenvalue weighted by Crippen LogP contribution is -2.53. The first-order valence-corrected chi connectivity index (χ1v) is 12.9. The van der Waals surface area contributed by atoms with E-state index in [0.717, 1.165) is 40.8 Å². The minimum absolute atomic E-state index is 0.0506. The van der Waals surface area contributed by atoms with E-state index in [0.29, 0.717) is 38.3 Å². The number of ether oxygens (including phenoxy) is 2. The van der Waals surface area contributed by atoms with Gasteiger partial charge in [-0.1, -0.05) is 36.4 Å². The quantitative estimate of drug-likeness (QED) is 0.589. The summed E-state index contributed by atoms with van der Waals surface area (Å²) in [7, 11) is 0. The maximum absolute atomic E-state index is 12.7. The lowest BCUT2D eigenvalue weighted by atomic mass is 9.94. The lowest BCUT2D eigenvalue weighted by molar-refractivity contribution is -0.148. The second-order valence-electron chi connectivity index (χ2n) is 10.1. The lowest BCUT2D eigenvalue weighted by Gasteiger charge is -2.37. The number of likely N-dealkylation sites (tertiary alicyclic amines) is 2. The number of aliphatic hydroxyl groups excluding tert-OH is 1. The number of fused-ring (bicyclic) bond motifs is 1. The zero-order chi connectivity index (χ0) is 25.4.